The van der Waals surface area contributed by atoms with Crippen LogP contribution in [0.3, 0.4) is 0 Å². The van der Waals surface area contributed by atoms with E-state index >= 15 is 0 Å². The van der Waals surface area contributed by atoms with Gasteiger partial charge in [0.1, 0.15) is 5.37 Å². The van der Waals surface area contributed by atoms with E-state index in [0.29, 0.717) is 5.02 Å². The minimum absolute atomic E-state index is 0.0406. The van der Waals surface area contributed by atoms with E-state index < -0.39 is 0 Å². The average Bonchev–Trinajstić information content (AvgIpc) is 3.03. The van der Waals surface area contributed by atoms with Crippen molar-refractivity contribution in [2.45, 2.75) is 5.37 Å². The molecule has 2 aromatic carbocycles. The van der Waals surface area contributed by atoms with Gasteiger partial charge in [-0.1, -0.05) is 54.1 Å². The summed E-state index contributed by atoms with van der Waals surface area (Å²) >= 11 is 7.84. The third-order valence-electron chi connectivity index (χ3n) is 3.53. The lowest BCUT2D eigenvalue weighted by Crippen LogP contribution is -2.28. The van der Waals surface area contributed by atoms with E-state index in [1.807, 2.05) is 65.6 Å². The molecule has 3 rings (SSSR count). The second-order valence-electron chi connectivity index (χ2n) is 5.05. The molecule has 0 radical (unpaired) electrons. The maximum Gasteiger partial charge on any atom is 0.247 e. The molecule has 22 heavy (non-hydrogen) atoms. The summed E-state index contributed by atoms with van der Waals surface area (Å²) < 4.78 is 0. The van der Waals surface area contributed by atoms with E-state index in [1.165, 1.54) is 0 Å². The molecular weight excluding hydrogens is 314 g/mol. The van der Waals surface area contributed by atoms with Crippen molar-refractivity contribution in [3.8, 4) is 0 Å². The van der Waals surface area contributed by atoms with Gasteiger partial charge < -0.3 is 4.90 Å². The van der Waals surface area contributed by atoms with Gasteiger partial charge in [-0.15, -0.1) is 11.8 Å². The van der Waals surface area contributed by atoms with Crippen molar-refractivity contribution in [3.63, 3.8) is 0 Å². The highest BCUT2D eigenvalue weighted by molar-refractivity contribution is 7.99. The second kappa shape index (κ2) is 7.03. The fraction of sp³-hybridized carbons (Fsp3) is 0.167. The van der Waals surface area contributed by atoms with Crippen LogP contribution in [0, 0.1) is 0 Å². The molecule has 1 amide bonds. The molecule has 4 heteroatoms. The Morgan fingerprint density at radius 2 is 2.00 bits per heavy atom. The predicted molar refractivity (Wildman–Crippen MR) is 93.8 cm³/mol. The molecule has 0 unspecified atom stereocenters. The van der Waals surface area contributed by atoms with Crippen LogP contribution in [-0.4, -0.2) is 23.1 Å². The highest BCUT2D eigenvalue weighted by Crippen LogP contribution is 2.38. The Bertz CT molecular complexity index is 686. The molecule has 2 nitrogen and oxygen atoms in total. The molecule has 1 heterocycles. The van der Waals surface area contributed by atoms with E-state index in [9.17, 15) is 4.79 Å². The van der Waals surface area contributed by atoms with Crippen LogP contribution in [0.5, 0.6) is 0 Å². The van der Waals surface area contributed by atoms with E-state index in [0.717, 1.165) is 23.4 Å². The third kappa shape index (κ3) is 3.54. The summed E-state index contributed by atoms with van der Waals surface area (Å²) in [5.74, 6) is 0.987. The molecule has 1 saturated heterocycles. The Morgan fingerprint density at radius 1 is 1.18 bits per heavy atom. The Labute approximate surface area is 139 Å². The van der Waals surface area contributed by atoms with Gasteiger partial charge in [-0.3, -0.25) is 4.79 Å². The van der Waals surface area contributed by atoms with Crippen LogP contribution in [0.15, 0.2) is 60.7 Å². The van der Waals surface area contributed by atoms with Crippen molar-refractivity contribution in [2.24, 2.45) is 0 Å². The van der Waals surface area contributed by atoms with Crippen molar-refractivity contribution in [2.75, 3.05) is 12.3 Å². The second-order valence-corrected chi connectivity index (χ2v) is 6.68. The minimum atomic E-state index is 0.0406. The number of amides is 1. The van der Waals surface area contributed by atoms with Gasteiger partial charge in [0.25, 0.3) is 0 Å². The number of thioether (sulfide) groups is 1. The first kappa shape index (κ1) is 15.2. The first-order valence-electron chi connectivity index (χ1n) is 7.15. The molecule has 0 aliphatic carbocycles. The van der Waals surface area contributed by atoms with Crippen LogP contribution in [0.25, 0.3) is 6.08 Å². The Hall–Kier alpha value is -1.71. The van der Waals surface area contributed by atoms with E-state index in [4.69, 9.17) is 11.6 Å². The van der Waals surface area contributed by atoms with E-state index in [1.54, 1.807) is 17.8 Å². The van der Waals surface area contributed by atoms with E-state index in [2.05, 4.69) is 0 Å². The summed E-state index contributed by atoms with van der Waals surface area (Å²) in [6, 6.07) is 17.6. The van der Waals surface area contributed by atoms with Gasteiger partial charge >= 0.3 is 0 Å². The summed E-state index contributed by atoms with van der Waals surface area (Å²) in [5, 5.41) is 0.754. The first-order valence-corrected chi connectivity index (χ1v) is 8.57. The lowest BCUT2D eigenvalue weighted by molar-refractivity contribution is -0.126. The zero-order valence-corrected chi connectivity index (χ0v) is 13.6. The molecule has 1 aliphatic rings. The number of hydrogen-bond acceptors (Lipinski definition) is 2. The number of benzene rings is 2. The monoisotopic (exact) mass is 329 g/mol. The van der Waals surface area contributed by atoms with Crippen LogP contribution in [0.1, 0.15) is 16.5 Å². The summed E-state index contributed by atoms with van der Waals surface area (Å²) in [6.07, 6.45) is 3.51. The van der Waals surface area contributed by atoms with Crippen molar-refractivity contribution in [3.05, 3.63) is 76.8 Å². The molecule has 112 valence electrons. The fourth-order valence-electron chi connectivity index (χ4n) is 2.46. The number of nitrogens with zero attached hydrogens (tertiary/aromatic N) is 1. The normalized spacial score (nSPS) is 18.0. The number of carbonyl (C=O) groups excluding carboxylic acids is 1. The summed E-state index contributed by atoms with van der Waals surface area (Å²) in [4.78, 5) is 14.4. The van der Waals surface area contributed by atoms with Crippen LogP contribution >= 0.6 is 23.4 Å². The molecule has 0 spiro atoms. The maximum atomic E-state index is 12.5. The zero-order valence-electron chi connectivity index (χ0n) is 12.0. The smallest absolute Gasteiger partial charge is 0.247 e. The van der Waals surface area contributed by atoms with Crippen molar-refractivity contribution >= 4 is 35.3 Å². The fourth-order valence-corrected chi connectivity index (χ4v) is 3.91. The third-order valence-corrected chi connectivity index (χ3v) is 5.02. The molecule has 0 aromatic heterocycles. The quantitative estimate of drug-likeness (QED) is 0.765. The molecule has 0 saturated carbocycles. The lowest BCUT2D eigenvalue weighted by Gasteiger charge is -2.23. The number of carbonyl (C=O) groups is 1. The lowest BCUT2D eigenvalue weighted by atomic mass is 10.2. The minimum Gasteiger partial charge on any atom is -0.322 e. The molecule has 1 aliphatic heterocycles. The number of rotatable bonds is 3. The summed E-state index contributed by atoms with van der Waals surface area (Å²) in [7, 11) is 0. The molecular formula is C18H16ClNOS. The van der Waals surface area contributed by atoms with Gasteiger partial charge in [0.05, 0.1) is 0 Å². The Balaban J connectivity index is 1.75. The van der Waals surface area contributed by atoms with Gasteiger partial charge in [-0.2, -0.15) is 0 Å². The molecule has 0 bridgehead atoms. The van der Waals surface area contributed by atoms with Gasteiger partial charge in [0.2, 0.25) is 5.91 Å². The van der Waals surface area contributed by atoms with Gasteiger partial charge in [0.15, 0.2) is 0 Å². The summed E-state index contributed by atoms with van der Waals surface area (Å²) in [6.45, 7) is 0.764. The SMILES string of the molecule is O=C(/C=C/c1ccccc1)N1CCS[C@H]1c1cccc(Cl)c1. The van der Waals surface area contributed by atoms with Gasteiger partial charge in [-0.05, 0) is 29.3 Å². The molecule has 0 N–H and O–H groups in total. The zero-order chi connectivity index (χ0) is 15.4. The van der Waals surface area contributed by atoms with Crippen molar-refractivity contribution in [1.29, 1.82) is 0 Å². The predicted octanol–water partition coefficient (Wildman–Crippen LogP) is 4.63. The topological polar surface area (TPSA) is 20.3 Å². The summed E-state index contributed by atoms with van der Waals surface area (Å²) in [5.41, 5.74) is 2.11. The van der Waals surface area contributed by atoms with E-state index in [-0.39, 0.29) is 11.3 Å². The van der Waals surface area contributed by atoms with Crippen LogP contribution in [0.4, 0.5) is 0 Å². The van der Waals surface area contributed by atoms with Gasteiger partial charge in [0, 0.05) is 23.4 Å². The molecule has 1 fully saturated rings. The van der Waals surface area contributed by atoms with Crippen molar-refractivity contribution < 1.29 is 4.79 Å². The van der Waals surface area contributed by atoms with Crippen LogP contribution < -0.4 is 0 Å². The Kier molecular flexibility index (Phi) is 4.86. The molecule has 2 aromatic rings. The Morgan fingerprint density at radius 3 is 2.77 bits per heavy atom. The number of halogens is 1. The van der Waals surface area contributed by atoms with Crippen LogP contribution in [0.2, 0.25) is 5.02 Å². The molecule has 1 atom stereocenters. The largest absolute Gasteiger partial charge is 0.322 e. The standard InChI is InChI=1S/C18H16ClNOS/c19-16-8-4-7-15(13-16)18-20(11-12-22-18)17(21)10-9-14-5-2-1-3-6-14/h1-10,13,18H,11-12H2/b10-9+/t18-/m0/s1. The highest BCUT2D eigenvalue weighted by Gasteiger charge is 2.29. The van der Waals surface area contributed by atoms with Gasteiger partial charge in [-0.25, -0.2) is 0 Å². The van der Waals surface area contributed by atoms with Crippen molar-refractivity contribution in [1.82, 2.24) is 4.90 Å². The number of hydrogen-bond donors (Lipinski definition) is 0. The first-order chi connectivity index (χ1) is 10.7. The highest BCUT2D eigenvalue weighted by atomic mass is 35.5. The maximum absolute atomic E-state index is 12.5. The average molecular weight is 330 g/mol. The van der Waals surface area contributed by atoms with Crippen LogP contribution in [-0.2, 0) is 4.79 Å².